The van der Waals surface area contributed by atoms with Gasteiger partial charge in [-0.05, 0) is 25.7 Å². The lowest BCUT2D eigenvalue weighted by molar-refractivity contribution is -0.137. The predicted octanol–water partition coefficient (Wildman–Crippen LogP) is 2.19. The van der Waals surface area contributed by atoms with Crippen molar-refractivity contribution in [2.45, 2.75) is 44.8 Å². The van der Waals surface area contributed by atoms with Crippen molar-refractivity contribution >= 4 is 21.8 Å². The molecule has 1 aliphatic carbocycles. The maximum absolute atomic E-state index is 12.4. The van der Waals surface area contributed by atoms with Crippen LogP contribution in [0.5, 0.6) is 0 Å². The van der Waals surface area contributed by atoms with E-state index in [1.54, 1.807) is 0 Å². The summed E-state index contributed by atoms with van der Waals surface area (Å²) in [7, 11) is 0. The standard InChI is InChI=1S/C12H20BrNO2/c1-2-11-10(5-8-16-11)12(15)14(7-6-13)9-3-4-9/h9-11H,2-8H2,1H3. The molecule has 0 radical (unpaired) electrons. The molecule has 2 rings (SSSR count). The quantitative estimate of drug-likeness (QED) is 0.726. The molecule has 1 saturated carbocycles. The summed E-state index contributed by atoms with van der Waals surface area (Å²) in [6.07, 6.45) is 4.38. The van der Waals surface area contributed by atoms with E-state index in [4.69, 9.17) is 4.74 Å². The summed E-state index contributed by atoms with van der Waals surface area (Å²) in [6.45, 7) is 3.69. The molecule has 0 aromatic carbocycles. The minimum Gasteiger partial charge on any atom is -0.377 e. The molecule has 2 fully saturated rings. The third kappa shape index (κ3) is 2.59. The molecule has 1 aliphatic heterocycles. The molecular weight excluding hydrogens is 270 g/mol. The topological polar surface area (TPSA) is 29.5 Å². The van der Waals surface area contributed by atoms with Crippen LogP contribution in [0.2, 0.25) is 0 Å². The molecule has 1 amide bonds. The fraction of sp³-hybridized carbons (Fsp3) is 0.917. The summed E-state index contributed by atoms with van der Waals surface area (Å²) >= 11 is 3.43. The number of carbonyl (C=O) groups is 1. The Morgan fingerprint density at radius 2 is 2.19 bits per heavy atom. The van der Waals surface area contributed by atoms with Gasteiger partial charge in [-0.25, -0.2) is 0 Å². The first-order valence-electron chi connectivity index (χ1n) is 6.26. The van der Waals surface area contributed by atoms with Gasteiger partial charge in [0, 0.05) is 24.5 Å². The van der Waals surface area contributed by atoms with Crippen molar-refractivity contribution in [1.82, 2.24) is 4.90 Å². The first kappa shape index (κ1) is 12.4. The summed E-state index contributed by atoms with van der Waals surface area (Å²) in [5, 5.41) is 0.875. The number of alkyl halides is 1. The molecule has 4 heteroatoms. The average Bonchev–Trinajstić information content (AvgIpc) is 3.01. The van der Waals surface area contributed by atoms with Gasteiger partial charge in [-0.1, -0.05) is 22.9 Å². The molecule has 2 atom stereocenters. The number of ether oxygens (including phenoxy) is 1. The van der Waals surface area contributed by atoms with Gasteiger partial charge in [0.15, 0.2) is 0 Å². The molecule has 0 spiro atoms. The molecule has 1 saturated heterocycles. The zero-order valence-electron chi connectivity index (χ0n) is 9.82. The van der Waals surface area contributed by atoms with Crippen LogP contribution in [0.1, 0.15) is 32.6 Å². The van der Waals surface area contributed by atoms with E-state index in [0.29, 0.717) is 11.9 Å². The maximum atomic E-state index is 12.4. The van der Waals surface area contributed by atoms with Crippen LogP contribution in [0.4, 0.5) is 0 Å². The molecule has 3 nitrogen and oxygen atoms in total. The van der Waals surface area contributed by atoms with Crippen molar-refractivity contribution in [1.29, 1.82) is 0 Å². The van der Waals surface area contributed by atoms with Crippen molar-refractivity contribution in [3.05, 3.63) is 0 Å². The highest BCUT2D eigenvalue weighted by atomic mass is 79.9. The minimum atomic E-state index is 0.115. The Hall–Kier alpha value is -0.0900. The fourth-order valence-corrected chi connectivity index (χ4v) is 2.88. The predicted molar refractivity (Wildman–Crippen MR) is 66.7 cm³/mol. The van der Waals surface area contributed by atoms with Gasteiger partial charge in [0.25, 0.3) is 0 Å². The van der Waals surface area contributed by atoms with Crippen molar-refractivity contribution in [2.24, 2.45) is 5.92 Å². The zero-order valence-corrected chi connectivity index (χ0v) is 11.4. The summed E-state index contributed by atoms with van der Waals surface area (Å²) in [5.74, 6) is 0.441. The van der Waals surface area contributed by atoms with Crippen molar-refractivity contribution in [3.8, 4) is 0 Å². The van der Waals surface area contributed by atoms with Crippen molar-refractivity contribution < 1.29 is 9.53 Å². The number of nitrogens with zero attached hydrogens (tertiary/aromatic N) is 1. The van der Waals surface area contributed by atoms with Gasteiger partial charge in [-0.2, -0.15) is 0 Å². The van der Waals surface area contributed by atoms with E-state index < -0.39 is 0 Å². The Morgan fingerprint density at radius 1 is 1.44 bits per heavy atom. The number of carbonyl (C=O) groups excluding carboxylic acids is 1. The Labute approximate surface area is 106 Å². The lowest BCUT2D eigenvalue weighted by Gasteiger charge is -2.26. The molecule has 16 heavy (non-hydrogen) atoms. The highest BCUT2D eigenvalue weighted by Crippen LogP contribution is 2.32. The van der Waals surface area contributed by atoms with Crippen LogP contribution in [0.15, 0.2) is 0 Å². The fourth-order valence-electron chi connectivity index (χ4n) is 2.50. The number of hydrogen-bond acceptors (Lipinski definition) is 2. The van der Waals surface area contributed by atoms with Gasteiger partial charge in [0.05, 0.1) is 12.0 Å². The second-order valence-electron chi connectivity index (χ2n) is 4.66. The average molecular weight is 290 g/mol. The van der Waals surface area contributed by atoms with E-state index in [1.165, 1.54) is 12.8 Å². The normalized spacial score (nSPS) is 29.4. The number of rotatable bonds is 5. The van der Waals surface area contributed by atoms with E-state index in [9.17, 15) is 4.79 Å². The summed E-state index contributed by atoms with van der Waals surface area (Å²) in [4.78, 5) is 14.5. The van der Waals surface area contributed by atoms with E-state index in [-0.39, 0.29) is 12.0 Å². The highest BCUT2D eigenvalue weighted by molar-refractivity contribution is 9.09. The third-order valence-electron chi connectivity index (χ3n) is 3.53. The lowest BCUT2D eigenvalue weighted by atomic mass is 9.98. The third-order valence-corrected chi connectivity index (χ3v) is 3.88. The first-order valence-corrected chi connectivity index (χ1v) is 7.38. The Balaban J connectivity index is 1.98. The maximum Gasteiger partial charge on any atom is 0.228 e. The molecular formula is C12H20BrNO2. The molecule has 0 bridgehead atoms. The summed E-state index contributed by atoms with van der Waals surface area (Å²) in [6, 6.07) is 0.517. The second kappa shape index (κ2) is 5.50. The Morgan fingerprint density at radius 3 is 2.75 bits per heavy atom. The van der Waals surface area contributed by atoms with Crippen LogP contribution in [0.25, 0.3) is 0 Å². The van der Waals surface area contributed by atoms with Gasteiger partial charge in [-0.15, -0.1) is 0 Å². The molecule has 1 heterocycles. The van der Waals surface area contributed by atoms with Gasteiger partial charge in [0.2, 0.25) is 5.91 Å². The minimum absolute atomic E-state index is 0.115. The smallest absolute Gasteiger partial charge is 0.228 e. The summed E-state index contributed by atoms with van der Waals surface area (Å²) < 4.78 is 5.61. The van der Waals surface area contributed by atoms with Crippen molar-refractivity contribution in [2.75, 3.05) is 18.5 Å². The number of halogens is 1. The molecule has 0 N–H and O–H groups in total. The Bertz CT molecular complexity index is 251. The SMILES string of the molecule is CCC1OCCC1C(=O)N(CCBr)C1CC1. The Kier molecular flexibility index (Phi) is 4.25. The van der Waals surface area contributed by atoms with E-state index in [0.717, 1.165) is 31.3 Å². The second-order valence-corrected chi connectivity index (χ2v) is 5.46. The van der Waals surface area contributed by atoms with Crippen LogP contribution in [0.3, 0.4) is 0 Å². The van der Waals surface area contributed by atoms with Gasteiger partial charge in [-0.3, -0.25) is 4.79 Å². The molecule has 0 aromatic heterocycles. The molecule has 0 aromatic rings. The number of amides is 1. The number of hydrogen-bond donors (Lipinski definition) is 0. The van der Waals surface area contributed by atoms with E-state index in [2.05, 4.69) is 27.8 Å². The van der Waals surface area contributed by atoms with E-state index >= 15 is 0 Å². The first-order chi connectivity index (χ1) is 7.77. The lowest BCUT2D eigenvalue weighted by Crippen LogP contribution is -2.41. The zero-order chi connectivity index (χ0) is 11.5. The summed E-state index contributed by atoms with van der Waals surface area (Å²) in [5.41, 5.74) is 0. The van der Waals surface area contributed by atoms with Crippen LogP contribution >= 0.6 is 15.9 Å². The van der Waals surface area contributed by atoms with Gasteiger partial charge in [0.1, 0.15) is 0 Å². The largest absolute Gasteiger partial charge is 0.377 e. The van der Waals surface area contributed by atoms with Crippen LogP contribution in [0, 0.1) is 5.92 Å². The van der Waals surface area contributed by atoms with Crippen LogP contribution in [-0.4, -0.2) is 41.4 Å². The van der Waals surface area contributed by atoms with Gasteiger partial charge >= 0.3 is 0 Å². The highest BCUT2D eigenvalue weighted by Gasteiger charge is 2.40. The monoisotopic (exact) mass is 289 g/mol. The van der Waals surface area contributed by atoms with Crippen LogP contribution < -0.4 is 0 Å². The molecule has 2 aliphatic rings. The van der Waals surface area contributed by atoms with Crippen molar-refractivity contribution in [3.63, 3.8) is 0 Å². The van der Waals surface area contributed by atoms with Crippen LogP contribution in [-0.2, 0) is 9.53 Å². The van der Waals surface area contributed by atoms with E-state index in [1.807, 2.05) is 0 Å². The van der Waals surface area contributed by atoms with Gasteiger partial charge < -0.3 is 9.64 Å². The molecule has 2 unspecified atom stereocenters. The molecule has 92 valence electrons.